The predicted octanol–water partition coefficient (Wildman–Crippen LogP) is 3.86. The van der Waals surface area contributed by atoms with Gasteiger partial charge in [0.25, 0.3) is 11.6 Å². The molecule has 0 fully saturated rings. The van der Waals surface area contributed by atoms with Gasteiger partial charge in [-0.05, 0) is 38.7 Å². The fraction of sp³-hybridized carbons (Fsp3) is 0.211. The van der Waals surface area contributed by atoms with Crippen molar-refractivity contribution in [2.45, 2.75) is 13.5 Å². The average molecular weight is 462 g/mol. The molecule has 3 aromatic rings. The zero-order valence-electron chi connectivity index (χ0n) is 16.9. The largest absolute Gasteiger partial charge is 0.410 e. The Morgan fingerprint density at radius 2 is 1.94 bits per heavy atom. The van der Waals surface area contributed by atoms with Crippen molar-refractivity contribution >= 4 is 45.5 Å². The number of ether oxygens (including phenoxy) is 1. The van der Waals surface area contributed by atoms with Gasteiger partial charge in [-0.15, -0.1) is 11.3 Å². The van der Waals surface area contributed by atoms with Crippen LogP contribution in [0.5, 0.6) is 5.06 Å². The lowest BCUT2D eigenvalue weighted by molar-refractivity contribution is -0.384. The Morgan fingerprint density at radius 1 is 1.26 bits per heavy atom. The number of carbonyl (C=O) groups is 2. The first-order chi connectivity index (χ1) is 14.7. The Bertz CT molecular complexity index is 1140. The number of anilines is 1. The van der Waals surface area contributed by atoms with E-state index in [9.17, 15) is 19.7 Å². The number of nitro groups is 1. The summed E-state index contributed by atoms with van der Waals surface area (Å²) < 4.78 is 5.15. The summed E-state index contributed by atoms with van der Waals surface area (Å²) in [4.78, 5) is 42.7. The number of hydrogen-bond acceptors (Lipinski definition) is 9. The summed E-state index contributed by atoms with van der Waals surface area (Å²) in [6.07, 6.45) is 0.588. The van der Waals surface area contributed by atoms with Crippen LogP contribution in [-0.4, -0.2) is 40.9 Å². The minimum atomic E-state index is -1.05. The second kappa shape index (κ2) is 9.20. The topological polar surface area (TPSA) is 141 Å². The normalized spacial score (nSPS) is 10.8. The van der Waals surface area contributed by atoms with Crippen molar-refractivity contribution in [3.05, 3.63) is 56.6 Å². The van der Waals surface area contributed by atoms with E-state index in [2.05, 4.69) is 10.3 Å². The highest BCUT2D eigenvalue weighted by Gasteiger charge is 2.28. The molecule has 2 aromatic heterocycles. The summed E-state index contributed by atoms with van der Waals surface area (Å²) in [5.41, 5.74) is 6.58. The van der Waals surface area contributed by atoms with Crippen molar-refractivity contribution in [1.29, 1.82) is 0 Å². The van der Waals surface area contributed by atoms with Crippen LogP contribution in [0.3, 0.4) is 0 Å². The van der Waals surface area contributed by atoms with Gasteiger partial charge in [0.15, 0.2) is 10.2 Å². The second-order valence-electron chi connectivity index (χ2n) is 6.77. The molecule has 0 aliphatic rings. The molecule has 0 bridgehead atoms. The molecule has 0 saturated carbocycles. The van der Waals surface area contributed by atoms with E-state index in [1.807, 2.05) is 25.9 Å². The maximum Gasteiger partial charge on any atom is 0.410 e. The van der Waals surface area contributed by atoms with Crippen molar-refractivity contribution in [2.75, 3.05) is 19.4 Å². The number of nitrogens with zero attached hydrogens (tertiary/aromatic N) is 3. The van der Waals surface area contributed by atoms with Gasteiger partial charge < -0.3 is 15.4 Å². The highest BCUT2D eigenvalue weighted by Crippen LogP contribution is 2.43. The van der Waals surface area contributed by atoms with E-state index in [0.29, 0.717) is 27.7 Å². The number of nitrogens with one attached hydrogen (secondary N) is 1. The van der Waals surface area contributed by atoms with E-state index in [1.165, 1.54) is 23.5 Å². The number of aromatic nitrogens is 1. The van der Waals surface area contributed by atoms with Crippen LogP contribution in [0.2, 0.25) is 0 Å². The third kappa shape index (κ3) is 5.23. The third-order valence-corrected chi connectivity index (χ3v) is 6.04. The lowest BCUT2D eigenvalue weighted by Gasteiger charge is -2.13. The molecule has 2 amide bonds. The Labute approximate surface area is 185 Å². The number of primary amides is 1. The van der Waals surface area contributed by atoms with Crippen LogP contribution in [0.25, 0.3) is 10.4 Å². The maximum atomic E-state index is 13.1. The molecular formula is C19H19N5O5S2. The Balaban J connectivity index is 2.12. The van der Waals surface area contributed by atoms with Crippen LogP contribution >= 0.6 is 22.7 Å². The Kier molecular flexibility index (Phi) is 6.63. The number of aryl methyl sites for hydroxylation is 1. The lowest BCUT2D eigenvalue weighted by atomic mass is 10.0. The smallest absolute Gasteiger partial charge is 0.398 e. The van der Waals surface area contributed by atoms with Crippen LogP contribution in [0.4, 0.5) is 15.6 Å². The number of nitrogens with two attached hydrogens (primary N) is 1. The van der Waals surface area contributed by atoms with Crippen LogP contribution in [0.1, 0.15) is 20.8 Å². The molecule has 3 N–H and O–H groups in total. The first kappa shape index (κ1) is 22.3. The summed E-state index contributed by atoms with van der Waals surface area (Å²) in [5, 5.41) is 14.2. The number of rotatable bonds is 7. The van der Waals surface area contributed by atoms with E-state index in [4.69, 9.17) is 10.5 Å². The summed E-state index contributed by atoms with van der Waals surface area (Å²) in [6.45, 7) is 2.22. The van der Waals surface area contributed by atoms with E-state index in [-0.39, 0.29) is 16.3 Å². The van der Waals surface area contributed by atoms with Gasteiger partial charge in [0.2, 0.25) is 0 Å². The highest BCUT2D eigenvalue weighted by atomic mass is 32.1. The summed E-state index contributed by atoms with van der Waals surface area (Å²) in [5.74, 6) is -0.494. The number of thiophene rings is 1. The Morgan fingerprint density at radius 3 is 2.45 bits per heavy atom. The van der Waals surface area contributed by atoms with Gasteiger partial charge in [0.1, 0.15) is 0 Å². The highest BCUT2D eigenvalue weighted by molar-refractivity contribution is 7.18. The number of hydrogen-bond donors (Lipinski definition) is 2. The average Bonchev–Trinajstić information content (AvgIpc) is 3.24. The van der Waals surface area contributed by atoms with Gasteiger partial charge in [0.05, 0.1) is 10.5 Å². The molecule has 31 heavy (non-hydrogen) atoms. The first-order valence-electron chi connectivity index (χ1n) is 8.92. The number of nitro benzene ring substituents is 1. The van der Waals surface area contributed by atoms with Crippen LogP contribution in [-0.2, 0) is 6.54 Å². The van der Waals surface area contributed by atoms with E-state index in [1.54, 1.807) is 18.3 Å². The van der Waals surface area contributed by atoms with Crippen molar-refractivity contribution in [2.24, 2.45) is 5.73 Å². The van der Waals surface area contributed by atoms with Crippen LogP contribution in [0, 0.1) is 17.0 Å². The van der Waals surface area contributed by atoms with Crippen molar-refractivity contribution in [1.82, 2.24) is 9.88 Å². The summed E-state index contributed by atoms with van der Waals surface area (Å²) in [7, 11) is 3.66. The Hall–Kier alpha value is -3.35. The quantitative estimate of drug-likeness (QED) is 0.402. The molecule has 2 heterocycles. The van der Waals surface area contributed by atoms with Gasteiger partial charge in [-0.3, -0.25) is 20.2 Å². The number of non-ortho nitro benzene ring substituents is 1. The number of amides is 2. The molecule has 0 saturated heterocycles. The molecule has 3 rings (SSSR count). The fourth-order valence-electron chi connectivity index (χ4n) is 2.84. The molecule has 0 spiro atoms. The second-order valence-corrected chi connectivity index (χ2v) is 8.98. The SMILES string of the molecule is Cc1cnc(NC(=O)c2c(OC(N)=O)sc(-c3ccc([N+](=O)[O-])cc3)c2CN(C)C)s1. The van der Waals surface area contributed by atoms with Crippen molar-refractivity contribution < 1.29 is 19.2 Å². The minimum absolute atomic E-state index is 0.0449. The molecular weight excluding hydrogens is 442 g/mol. The molecule has 0 aliphatic heterocycles. The van der Waals surface area contributed by atoms with Gasteiger partial charge >= 0.3 is 6.09 Å². The lowest BCUT2D eigenvalue weighted by Crippen LogP contribution is -2.21. The van der Waals surface area contributed by atoms with E-state index >= 15 is 0 Å². The van der Waals surface area contributed by atoms with Gasteiger partial charge in [-0.2, -0.15) is 0 Å². The summed E-state index contributed by atoms with van der Waals surface area (Å²) >= 11 is 2.38. The molecule has 0 aliphatic carbocycles. The van der Waals surface area contributed by atoms with E-state index in [0.717, 1.165) is 16.2 Å². The molecule has 0 unspecified atom stereocenters. The van der Waals surface area contributed by atoms with Crippen LogP contribution < -0.4 is 15.8 Å². The van der Waals surface area contributed by atoms with Gasteiger partial charge in [-0.25, -0.2) is 9.78 Å². The van der Waals surface area contributed by atoms with Gasteiger partial charge in [-0.1, -0.05) is 11.3 Å². The monoisotopic (exact) mass is 461 g/mol. The van der Waals surface area contributed by atoms with Crippen molar-refractivity contribution in [3.63, 3.8) is 0 Å². The van der Waals surface area contributed by atoms with Crippen LogP contribution in [0.15, 0.2) is 30.5 Å². The third-order valence-electron chi connectivity index (χ3n) is 4.05. The maximum absolute atomic E-state index is 13.1. The molecule has 0 atom stereocenters. The summed E-state index contributed by atoms with van der Waals surface area (Å²) in [6, 6.07) is 5.93. The number of carbonyl (C=O) groups excluding carboxylic acids is 2. The molecule has 1 aromatic carbocycles. The number of thiazole rings is 1. The van der Waals surface area contributed by atoms with Gasteiger partial charge in [0, 0.05) is 40.2 Å². The molecule has 162 valence electrons. The predicted molar refractivity (Wildman–Crippen MR) is 119 cm³/mol. The van der Waals surface area contributed by atoms with E-state index < -0.39 is 16.9 Å². The molecule has 12 heteroatoms. The fourth-order valence-corrected chi connectivity index (χ4v) is 4.67. The standard InChI is InChI=1S/C19H19N5O5S2/c1-10-8-21-19(30-10)22-16(25)14-13(9-23(2)3)15(31-17(14)29-18(20)26)11-4-6-12(7-5-11)24(27)28/h4-8H,9H2,1-3H3,(H2,20,26)(H,21,22,25). The molecule has 10 nitrogen and oxygen atoms in total. The first-order valence-corrected chi connectivity index (χ1v) is 10.5. The minimum Gasteiger partial charge on any atom is -0.398 e. The zero-order valence-corrected chi connectivity index (χ0v) is 18.5. The number of benzene rings is 1. The van der Waals surface area contributed by atoms with Crippen molar-refractivity contribution in [3.8, 4) is 15.5 Å². The molecule has 0 radical (unpaired) electrons. The zero-order chi connectivity index (χ0) is 22.7.